The fraction of sp³-hybridized carbons (Fsp3) is 0.529. The van der Waals surface area contributed by atoms with Gasteiger partial charge in [-0.3, -0.25) is 9.59 Å². The topological polar surface area (TPSA) is 61.4 Å². The summed E-state index contributed by atoms with van der Waals surface area (Å²) in [7, 11) is 1.89. The first-order valence-corrected chi connectivity index (χ1v) is 8.09. The Morgan fingerprint density at radius 3 is 2.74 bits per heavy atom. The van der Waals surface area contributed by atoms with Gasteiger partial charge in [0.05, 0.1) is 0 Å². The predicted octanol–water partition coefficient (Wildman–Crippen LogP) is 1.55. The first-order chi connectivity index (χ1) is 11.1. The lowest BCUT2D eigenvalue weighted by molar-refractivity contribution is -0.132. The van der Waals surface area contributed by atoms with Crippen LogP contribution in [0.4, 0.5) is 4.39 Å². The number of amides is 2. The Balaban J connectivity index is 1.69. The number of likely N-dealkylation sites (N-methyl/N-ethyl adjacent to an activating group) is 1. The zero-order chi connectivity index (χ0) is 16.7. The van der Waals surface area contributed by atoms with Crippen molar-refractivity contribution in [3.8, 4) is 0 Å². The van der Waals surface area contributed by atoms with E-state index in [1.165, 1.54) is 24.3 Å². The lowest BCUT2D eigenvalue weighted by atomic mass is 10.2. The van der Waals surface area contributed by atoms with Crippen LogP contribution in [0.1, 0.15) is 36.0 Å². The number of halogens is 1. The lowest BCUT2D eigenvalue weighted by Crippen LogP contribution is -2.41. The highest BCUT2D eigenvalue weighted by atomic mass is 19.1. The van der Waals surface area contributed by atoms with Gasteiger partial charge in [-0.2, -0.15) is 0 Å². The van der Waals surface area contributed by atoms with E-state index in [4.69, 9.17) is 0 Å². The number of hydrogen-bond acceptors (Lipinski definition) is 3. The second-order valence-electron chi connectivity index (χ2n) is 5.81. The summed E-state index contributed by atoms with van der Waals surface area (Å²) >= 11 is 0. The van der Waals surface area contributed by atoms with Crippen molar-refractivity contribution < 1.29 is 14.0 Å². The Morgan fingerprint density at radius 2 is 2.04 bits per heavy atom. The third-order valence-electron chi connectivity index (χ3n) is 4.10. The van der Waals surface area contributed by atoms with Crippen molar-refractivity contribution in [1.29, 1.82) is 0 Å². The normalized spacial score (nSPS) is 17.3. The molecule has 1 fully saturated rings. The average Bonchev–Trinajstić information content (AvgIpc) is 3.00. The molecular weight excluding hydrogens is 297 g/mol. The van der Waals surface area contributed by atoms with Crippen LogP contribution < -0.4 is 10.6 Å². The first kappa shape index (κ1) is 17.4. The summed E-state index contributed by atoms with van der Waals surface area (Å²) in [5, 5.41) is 5.88. The third kappa shape index (κ3) is 5.03. The van der Waals surface area contributed by atoms with Crippen LogP contribution in [0.25, 0.3) is 0 Å². The minimum atomic E-state index is -0.367. The maximum absolute atomic E-state index is 12.8. The van der Waals surface area contributed by atoms with Gasteiger partial charge in [0.25, 0.3) is 5.91 Å². The van der Waals surface area contributed by atoms with Crippen molar-refractivity contribution in [2.24, 2.45) is 0 Å². The molecule has 1 aromatic rings. The summed E-state index contributed by atoms with van der Waals surface area (Å²) in [5.74, 6) is -0.459. The molecule has 5 nitrogen and oxygen atoms in total. The third-order valence-corrected chi connectivity index (χ3v) is 4.10. The molecule has 2 rings (SSSR count). The van der Waals surface area contributed by atoms with E-state index in [0.717, 1.165) is 25.9 Å². The Hall–Kier alpha value is -1.95. The molecule has 1 aromatic carbocycles. The zero-order valence-corrected chi connectivity index (χ0v) is 13.5. The van der Waals surface area contributed by atoms with Gasteiger partial charge in [-0.05, 0) is 50.6 Å². The number of rotatable bonds is 7. The van der Waals surface area contributed by atoms with Crippen molar-refractivity contribution in [3.63, 3.8) is 0 Å². The zero-order valence-electron chi connectivity index (χ0n) is 13.5. The maximum Gasteiger partial charge on any atom is 0.251 e. The summed E-state index contributed by atoms with van der Waals surface area (Å²) < 4.78 is 12.8. The van der Waals surface area contributed by atoms with Crippen molar-refractivity contribution in [3.05, 3.63) is 35.6 Å². The van der Waals surface area contributed by atoms with Crippen molar-refractivity contribution in [1.82, 2.24) is 15.5 Å². The van der Waals surface area contributed by atoms with Crippen LogP contribution in [0, 0.1) is 5.82 Å². The van der Waals surface area contributed by atoms with Crippen LogP contribution in [-0.4, -0.2) is 49.4 Å². The molecule has 0 saturated carbocycles. The number of benzene rings is 1. The maximum atomic E-state index is 12.8. The van der Waals surface area contributed by atoms with Crippen molar-refractivity contribution in [2.75, 3.05) is 26.7 Å². The molecule has 2 N–H and O–H groups in total. The standard InChI is InChI=1S/C17H24FN3O2/c1-19-12-15-4-3-11-21(15)16(22)5-2-10-20-17(23)13-6-8-14(18)9-7-13/h6-9,15,19H,2-5,10-12H2,1H3,(H,20,23). The Kier molecular flexibility index (Phi) is 6.52. The van der Waals surface area contributed by atoms with Gasteiger partial charge in [-0.15, -0.1) is 0 Å². The molecule has 6 heteroatoms. The molecule has 126 valence electrons. The molecule has 0 spiro atoms. The van der Waals surface area contributed by atoms with Gasteiger partial charge in [0, 0.05) is 37.7 Å². The van der Waals surface area contributed by atoms with E-state index in [9.17, 15) is 14.0 Å². The first-order valence-electron chi connectivity index (χ1n) is 8.09. The van der Waals surface area contributed by atoms with E-state index >= 15 is 0 Å². The second-order valence-corrected chi connectivity index (χ2v) is 5.81. The predicted molar refractivity (Wildman–Crippen MR) is 86.6 cm³/mol. The van der Waals surface area contributed by atoms with Gasteiger partial charge in [0.15, 0.2) is 0 Å². The van der Waals surface area contributed by atoms with E-state index in [2.05, 4.69) is 10.6 Å². The van der Waals surface area contributed by atoms with Gasteiger partial charge < -0.3 is 15.5 Å². The fourth-order valence-electron chi connectivity index (χ4n) is 2.90. The molecule has 1 atom stereocenters. The number of nitrogens with one attached hydrogen (secondary N) is 2. The van der Waals surface area contributed by atoms with Gasteiger partial charge >= 0.3 is 0 Å². The molecule has 0 aliphatic carbocycles. The molecule has 0 bridgehead atoms. The monoisotopic (exact) mass is 321 g/mol. The quantitative estimate of drug-likeness (QED) is 0.749. The summed E-state index contributed by atoms with van der Waals surface area (Å²) in [6, 6.07) is 5.70. The Labute approximate surface area is 136 Å². The number of carbonyl (C=O) groups is 2. The van der Waals surface area contributed by atoms with Crippen molar-refractivity contribution >= 4 is 11.8 Å². The van der Waals surface area contributed by atoms with Gasteiger partial charge in [-0.25, -0.2) is 4.39 Å². The minimum absolute atomic E-state index is 0.152. The van der Waals surface area contributed by atoms with Crippen LogP contribution in [0.15, 0.2) is 24.3 Å². The van der Waals surface area contributed by atoms with Crippen molar-refractivity contribution in [2.45, 2.75) is 31.7 Å². The van der Waals surface area contributed by atoms with E-state index in [1.54, 1.807) is 0 Å². The number of likely N-dealkylation sites (tertiary alicyclic amines) is 1. The van der Waals surface area contributed by atoms with Crippen LogP contribution in [-0.2, 0) is 4.79 Å². The smallest absolute Gasteiger partial charge is 0.251 e. The fourth-order valence-corrected chi connectivity index (χ4v) is 2.90. The number of nitrogens with zero attached hydrogens (tertiary/aromatic N) is 1. The molecule has 1 heterocycles. The van der Waals surface area contributed by atoms with E-state index in [0.29, 0.717) is 31.0 Å². The molecule has 1 aliphatic heterocycles. The van der Waals surface area contributed by atoms with Crippen LogP contribution in [0.5, 0.6) is 0 Å². The highest BCUT2D eigenvalue weighted by Crippen LogP contribution is 2.17. The molecule has 0 radical (unpaired) electrons. The lowest BCUT2D eigenvalue weighted by Gasteiger charge is -2.24. The van der Waals surface area contributed by atoms with E-state index in [-0.39, 0.29) is 17.6 Å². The number of carbonyl (C=O) groups excluding carboxylic acids is 2. The van der Waals surface area contributed by atoms with Gasteiger partial charge in [-0.1, -0.05) is 0 Å². The molecule has 1 unspecified atom stereocenters. The Morgan fingerprint density at radius 1 is 1.30 bits per heavy atom. The molecule has 23 heavy (non-hydrogen) atoms. The summed E-state index contributed by atoms with van der Waals surface area (Å²) in [4.78, 5) is 26.0. The second kappa shape index (κ2) is 8.62. The van der Waals surface area contributed by atoms with E-state index in [1.807, 2.05) is 11.9 Å². The summed E-state index contributed by atoms with van der Waals surface area (Å²) in [6.45, 7) is 2.09. The summed E-state index contributed by atoms with van der Waals surface area (Å²) in [5.41, 5.74) is 0.423. The molecule has 1 saturated heterocycles. The largest absolute Gasteiger partial charge is 0.352 e. The van der Waals surface area contributed by atoms with Gasteiger partial charge in [0.2, 0.25) is 5.91 Å². The summed E-state index contributed by atoms with van der Waals surface area (Å²) in [6.07, 6.45) is 3.14. The van der Waals surface area contributed by atoms with Crippen LogP contribution in [0.2, 0.25) is 0 Å². The molecule has 1 aliphatic rings. The SMILES string of the molecule is CNCC1CCCN1C(=O)CCCNC(=O)c1ccc(F)cc1. The van der Waals surface area contributed by atoms with Crippen LogP contribution >= 0.6 is 0 Å². The Bertz CT molecular complexity index is 533. The molecule has 2 amide bonds. The van der Waals surface area contributed by atoms with Crippen LogP contribution in [0.3, 0.4) is 0 Å². The highest BCUT2D eigenvalue weighted by Gasteiger charge is 2.27. The number of hydrogen-bond donors (Lipinski definition) is 2. The molecule has 0 aromatic heterocycles. The molecular formula is C17H24FN3O2. The average molecular weight is 321 g/mol. The highest BCUT2D eigenvalue weighted by molar-refractivity contribution is 5.94. The van der Waals surface area contributed by atoms with E-state index < -0.39 is 0 Å². The minimum Gasteiger partial charge on any atom is -0.352 e. The van der Waals surface area contributed by atoms with Gasteiger partial charge in [0.1, 0.15) is 5.82 Å².